The lowest BCUT2D eigenvalue weighted by Crippen LogP contribution is -2.17. The van der Waals surface area contributed by atoms with Crippen molar-refractivity contribution in [2.75, 3.05) is 0 Å². The molecular weight excluding hydrogens is 1050 g/mol. The molecule has 0 unspecified atom stereocenters. The molecule has 0 saturated heterocycles. The van der Waals surface area contributed by atoms with Crippen molar-refractivity contribution in [2.45, 2.75) is 26.2 Å². The number of aromatic nitrogens is 4. The number of hydrogen-bond donors (Lipinski definition) is 0. The lowest BCUT2D eigenvalue weighted by atomic mass is 9.86. The number of furan rings is 2. The number of rotatable bonds is 5. The molecular formula is C78H48N6O2. The first kappa shape index (κ1) is 48.0. The van der Waals surface area contributed by atoms with Gasteiger partial charge in [-0.15, -0.1) is 0 Å². The number of para-hydroxylation sites is 6. The van der Waals surface area contributed by atoms with Crippen molar-refractivity contribution >= 4 is 131 Å². The van der Waals surface area contributed by atoms with Crippen LogP contribution < -0.4 is 0 Å². The van der Waals surface area contributed by atoms with Crippen molar-refractivity contribution in [3.63, 3.8) is 0 Å². The average Bonchev–Trinajstić information content (AvgIpc) is 1.52. The van der Waals surface area contributed by atoms with Gasteiger partial charge in [-0.25, -0.2) is 0 Å². The van der Waals surface area contributed by atoms with E-state index in [2.05, 4.69) is 251 Å². The first-order chi connectivity index (χ1) is 42.3. The summed E-state index contributed by atoms with van der Waals surface area (Å²) in [4.78, 5) is 0. The zero-order valence-corrected chi connectivity index (χ0v) is 47.0. The molecule has 402 valence electrons. The monoisotopic (exact) mass is 1100 g/mol. The Labute approximate surface area is 491 Å². The highest BCUT2D eigenvalue weighted by molar-refractivity contribution is 6.25. The van der Waals surface area contributed by atoms with E-state index < -0.39 is 0 Å². The number of nitriles is 2. The van der Waals surface area contributed by atoms with Gasteiger partial charge >= 0.3 is 0 Å². The van der Waals surface area contributed by atoms with Gasteiger partial charge < -0.3 is 27.1 Å². The summed E-state index contributed by atoms with van der Waals surface area (Å²) < 4.78 is 23.4. The van der Waals surface area contributed by atoms with Crippen molar-refractivity contribution < 1.29 is 8.83 Å². The maximum Gasteiger partial charge on any atom is 0.160 e. The summed E-state index contributed by atoms with van der Waals surface area (Å²) >= 11 is 0. The van der Waals surface area contributed by atoms with E-state index in [-0.39, 0.29) is 5.41 Å². The molecule has 12 aromatic carbocycles. The zero-order valence-electron chi connectivity index (χ0n) is 47.0. The van der Waals surface area contributed by atoms with Crippen LogP contribution in [-0.2, 0) is 5.41 Å². The lowest BCUT2D eigenvalue weighted by molar-refractivity contribution is 0.591. The Bertz CT molecular complexity index is 5830. The van der Waals surface area contributed by atoms with Crippen LogP contribution in [-0.4, -0.2) is 18.3 Å². The lowest BCUT2D eigenvalue weighted by Gasteiger charge is -2.27. The van der Waals surface area contributed by atoms with E-state index in [0.717, 1.165) is 137 Å². The quantitative estimate of drug-likeness (QED) is 0.172. The molecule has 0 bridgehead atoms. The Hall–Kier alpha value is -11.6. The molecule has 0 aliphatic carbocycles. The fourth-order valence-corrected chi connectivity index (χ4v) is 14.4. The minimum Gasteiger partial charge on any atom is -0.454 e. The largest absolute Gasteiger partial charge is 0.454 e. The van der Waals surface area contributed by atoms with Crippen molar-refractivity contribution in [1.82, 2.24) is 18.3 Å². The number of fused-ring (bicyclic) bond motifs is 20. The molecule has 0 saturated carbocycles. The summed E-state index contributed by atoms with van der Waals surface area (Å²) in [6, 6.07) is 88.7. The maximum atomic E-state index is 13.0. The molecule has 0 aliphatic heterocycles. The van der Waals surface area contributed by atoms with Gasteiger partial charge in [0.2, 0.25) is 0 Å². The summed E-state index contributed by atoms with van der Waals surface area (Å²) in [5.41, 5.74) is 15.6. The second-order valence-electron chi connectivity index (χ2n) is 23.7. The molecule has 0 aliphatic rings. The van der Waals surface area contributed by atoms with Gasteiger partial charge in [-0.1, -0.05) is 185 Å². The van der Waals surface area contributed by atoms with Crippen LogP contribution in [0.3, 0.4) is 0 Å². The molecule has 0 fully saturated rings. The fraction of sp³-hybridized carbons (Fsp3) is 0.0513. The number of benzene rings is 12. The zero-order chi connectivity index (χ0) is 57.3. The molecule has 6 aromatic heterocycles. The van der Waals surface area contributed by atoms with Gasteiger partial charge in [-0.2, -0.15) is 10.5 Å². The fourth-order valence-electron chi connectivity index (χ4n) is 14.4. The minimum absolute atomic E-state index is 0.202. The van der Waals surface area contributed by atoms with Crippen LogP contribution in [0.5, 0.6) is 0 Å². The first-order valence-corrected chi connectivity index (χ1v) is 29.1. The Morgan fingerprint density at radius 1 is 0.302 bits per heavy atom. The smallest absolute Gasteiger partial charge is 0.160 e. The van der Waals surface area contributed by atoms with E-state index in [1.807, 2.05) is 36.4 Å². The van der Waals surface area contributed by atoms with Gasteiger partial charge in [0.15, 0.2) is 11.2 Å². The van der Waals surface area contributed by atoms with Crippen molar-refractivity contribution in [3.8, 4) is 46.0 Å². The second kappa shape index (κ2) is 17.5. The van der Waals surface area contributed by atoms with Gasteiger partial charge in [0.1, 0.15) is 34.4 Å². The van der Waals surface area contributed by atoms with Crippen LogP contribution >= 0.6 is 0 Å². The normalized spacial score (nSPS) is 12.3. The van der Waals surface area contributed by atoms with Gasteiger partial charge in [-0.3, -0.25) is 0 Å². The van der Waals surface area contributed by atoms with E-state index in [4.69, 9.17) is 8.83 Å². The van der Waals surface area contributed by atoms with E-state index in [1.165, 1.54) is 0 Å². The van der Waals surface area contributed by atoms with E-state index in [9.17, 15) is 10.5 Å². The van der Waals surface area contributed by atoms with Crippen molar-refractivity contribution in [2.24, 2.45) is 0 Å². The second-order valence-corrected chi connectivity index (χ2v) is 23.7. The Balaban J connectivity index is 1.16. The minimum atomic E-state index is -0.202. The van der Waals surface area contributed by atoms with E-state index in [1.54, 1.807) is 0 Å². The van der Waals surface area contributed by atoms with Crippen molar-refractivity contribution in [1.29, 1.82) is 10.5 Å². The molecule has 0 N–H and O–H groups in total. The predicted molar refractivity (Wildman–Crippen MR) is 352 cm³/mol. The highest BCUT2D eigenvalue weighted by Crippen LogP contribution is 2.52. The molecule has 0 atom stereocenters. The molecule has 0 radical (unpaired) electrons. The SMILES string of the molecule is CC(C)(C)c1ccc2c(c1)c1ccc3c4ccccc4oc3c1n2-c1c(C#N)c(-n2c3ccccc3c3ccccc32)c(-n2c3ccc(-c4ccccc4)cc3c3ccc4c5ccccc5oc4c32)c(-n2c3ccccc3c3ccccc32)c1C#N. The summed E-state index contributed by atoms with van der Waals surface area (Å²) in [7, 11) is 0. The van der Waals surface area contributed by atoms with Gasteiger partial charge in [0.05, 0.1) is 66.9 Å². The van der Waals surface area contributed by atoms with Gasteiger partial charge in [0.25, 0.3) is 0 Å². The van der Waals surface area contributed by atoms with Crippen LogP contribution in [0.4, 0.5) is 0 Å². The van der Waals surface area contributed by atoms with Crippen LogP contribution in [0.15, 0.2) is 245 Å². The number of nitrogens with zero attached hydrogens (tertiary/aromatic N) is 6. The summed E-state index contributed by atoms with van der Waals surface area (Å²) in [5.74, 6) is 0. The topological polar surface area (TPSA) is 93.6 Å². The maximum absolute atomic E-state index is 13.0. The molecule has 18 rings (SSSR count). The average molecular weight is 1100 g/mol. The Kier molecular flexibility index (Phi) is 9.76. The van der Waals surface area contributed by atoms with Gasteiger partial charge in [0, 0.05) is 64.6 Å². The van der Waals surface area contributed by atoms with Crippen LogP contribution in [0.2, 0.25) is 0 Å². The van der Waals surface area contributed by atoms with Gasteiger partial charge in [-0.05, 0) is 94.9 Å². The van der Waals surface area contributed by atoms with Crippen LogP contribution in [0, 0.1) is 22.7 Å². The predicted octanol–water partition coefficient (Wildman–Crippen LogP) is 20.6. The summed E-state index contributed by atoms with van der Waals surface area (Å²) in [6.07, 6.45) is 0. The molecule has 0 amide bonds. The molecule has 8 nitrogen and oxygen atoms in total. The number of hydrogen-bond acceptors (Lipinski definition) is 4. The highest BCUT2D eigenvalue weighted by atomic mass is 16.3. The molecule has 0 spiro atoms. The third-order valence-electron chi connectivity index (χ3n) is 18.2. The van der Waals surface area contributed by atoms with Crippen molar-refractivity contribution in [3.05, 3.63) is 253 Å². The Morgan fingerprint density at radius 3 is 1.15 bits per heavy atom. The Morgan fingerprint density at radius 2 is 0.686 bits per heavy atom. The van der Waals surface area contributed by atoms with Crippen LogP contribution in [0.25, 0.3) is 165 Å². The summed E-state index contributed by atoms with van der Waals surface area (Å²) in [6.45, 7) is 6.70. The summed E-state index contributed by atoms with van der Waals surface area (Å²) in [5, 5.41) is 37.7. The molecule has 86 heavy (non-hydrogen) atoms. The third kappa shape index (κ3) is 6.39. The standard InChI is InChI=1S/C78H48N6O2/c1-78(2,3)47-34-40-67-59(42-47)55-36-38-56-52-25-11-17-31-68(52)85-76(56)73(55)83(67)70-60(43-79)71(81-62-27-13-7-21-48(62)49-22-8-14-28-63(49)81)75(72(61(70)44-80)82-64-29-15-9-23-50(64)51-24-10-16-30-65(51)82)84-66-39-33-46(45-19-5-4-6-20-45)41-58(66)54-35-37-57-53-26-12-18-32-69(53)86-77(57)74(54)84/h4-42H,1-3H3. The van der Waals surface area contributed by atoms with Crippen LogP contribution in [0.1, 0.15) is 37.5 Å². The van der Waals surface area contributed by atoms with E-state index >= 15 is 0 Å². The molecule has 6 heterocycles. The first-order valence-electron chi connectivity index (χ1n) is 29.1. The molecule has 8 heteroatoms. The third-order valence-corrected chi connectivity index (χ3v) is 18.2. The molecule has 18 aromatic rings. The highest BCUT2D eigenvalue weighted by Gasteiger charge is 2.36. The van der Waals surface area contributed by atoms with E-state index in [0.29, 0.717) is 45.0 Å².